The molecule has 0 aromatic carbocycles. The van der Waals surface area contributed by atoms with Gasteiger partial charge in [-0.05, 0) is 57.8 Å². The average molecular weight is 800 g/mol. The lowest BCUT2D eigenvalue weighted by atomic mass is 10.0. The zero-order valence-electron chi connectivity index (χ0n) is 33.7. The van der Waals surface area contributed by atoms with E-state index in [-0.39, 0.29) is 26.1 Å². The number of rotatable bonds is 39. The average Bonchev–Trinajstić information content (AvgIpc) is 3.16. The SMILES string of the molecule is CCCCCCCCCCCCCCCC(=O)O[C@H](COC(=O)CCC/C=C\C/C=C\C/C=C\C/C=C\CCCCCO)COP(=O)(O)OC[C@H](N)C(=O)O. The molecule has 0 bridgehead atoms. The summed E-state index contributed by atoms with van der Waals surface area (Å²) in [6.45, 7) is 0.740. The number of esters is 2. The number of nitrogens with two attached hydrogens (primary N) is 1. The van der Waals surface area contributed by atoms with Crippen molar-refractivity contribution in [3.63, 3.8) is 0 Å². The summed E-state index contributed by atoms with van der Waals surface area (Å²) in [5.41, 5.74) is 5.32. The van der Waals surface area contributed by atoms with Crippen molar-refractivity contribution < 1.29 is 52.6 Å². The van der Waals surface area contributed by atoms with E-state index in [2.05, 4.69) is 47.9 Å². The predicted molar refractivity (Wildman–Crippen MR) is 218 cm³/mol. The van der Waals surface area contributed by atoms with Crippen LogP contribution < -0.4 is 5.73 Å². The molecular formula is C42H74NO11P. The van der Waals surface area contributed by atoms with Crippen LogP contribution >= 0.6 is 7.82 Å². The molecule has 5 N–H and O–H groups in total. The second-order valence-corrected chi connectivity index (χ2v) is 15.3. The third-order valence-electron chi connectivity index (χ3n) is 8.63. The monoisotopic (exact) mass is 799 g/mol. The summed E-state index contributed by atoms with van der Waals surface area (Å²) in [6, 6.07) is -1.53. The van der Waals surface area contributed by atoms with Crippen molar-refractivity contribution in [1.29, 1.82) is 0 Å². The van der Waals surface area contributed by atoms with Crippen molar-refractivity contribution in [2.24, 2.45) is 5.73 Å². The minimum atomic E-state index is -4.73. The molecule has 318 valence electrons. The van der Waals surface area contributed by atoms with E-state index >= 15 is 0 Å². The smallest absolute Gasteiger partial charge is 0.472 e. The number of aliphatic hydroxyl groups excluding tert-OH is 1. The standard InChI is InChI=1S/C42H74NO11P/c1-2-3-4-5-6-7-8-14-18-21-24-27-30-33-41(46)54-38(36-52-55(49,50)53-37-39(43)42(47)48)35-51-40(45)32-29-26-23-20-17-15-12-10-9-11-13-16-19-22-25-28-31-34-44/h9,11-12,15-16,19-20,23,38-39,44H,2-8,10,13-14,17-18,21-22,24-37,43H2,1H3,(H,47,48)(H,49,50)/b11-9-,15-12-,19-16-,23-20-/t38-,39+/m1/s1. The van der Waals surface area contributed by atoms with E-state index in [1.165, 1.54) is 57.8 Å². The van der Waals surface area contributed by atoms with E-state index in [4.69, 9.17) is 29.9 Å². The van der Waals surface area contributed by atoms with Gasteiger partial charge in [-0.15, -0.1) is 0 Å². The number of phosphoric acid groups is 1. The number of aliphatic hydroxyl groups is 1. The summed E-state index contributed by atoms with van der Waals surface area (Å²) in [5, 5.41) is 17.7. The molecule has 0 aliphatic heterocycles. The van der Waals surface area contributed by atoms with Gasteiger partial charge in [0.25, 0.3) is 0 Å². The van der Waals surface area contributed by atoms with Crippen molar-refractivity contribution in [1.82, 2.24) is 0 Å². The van der Waals surface area contributed by atoms with Crippen LogP contribution in [0, 0.1) is 0 Å². The number of unbranched alkanes of at least 4 members (excludes halogenated alkanes) is 16. The number of carbonyl (C=O) groups is 3. The molecule has 0 saturated carbocycles. The van der Waals surface area contributed by atoms with E-state index in [1.54, 1.807) is 0 Å². The molecule has 0 heterocycles. The normalized spacial score (nSPS) is 14.3. The zero-order valence-corrected chi connectivity index (χ0v) is 34.6. The Morgan fingerprint density at radius 2 is 1.05 bits per heavy atom. The maximum atomic E-state index is 12.6. The van der Waals surface area contributed by atoms with E-state index in [9.17, 15) is 23.8 Å². The van der Waals surface area contributed by atoms with Gasteiger partial charge in [0.1, 0.15) is 12.6 Å². The predicted octanol–water partition coefficient (Wildman–Crippen LogP) is 9.59. The highest BCUT2D eigenvalue weighted by Crippen LogP contribution is 2.43. The molecule has 0 aromatic heterocycles. The summed E-state index contributed by atoms with van der Waals surface area (Å²) in [6.07, 6.45) is 39.1. The fraction of sp³-hybridized carbons (Fsp3) is 0.738. The number of carboxylic acids is 1. The van der Waals surface area contributed by atoms with Gasteiger partial charge in [0.15, 0.2) is 6.10 Å². The molecule has 0 rings (SSSR count). The molecule has 13 heteroatoms. The summed E-state index contributed by atoms with van der Waals surface area (Å²) in [5.74, 6) is -2.47. The van der Waals surface area contributed by atoms with Crippen molar-refractivity contribution in [3.05, 3.63) is 48.6 Å². The maximum absolute atomic E-state index is 12.6. The Balaban J connectivity index is 4.47. The molecule has 0 saturated heterocycles. The van der Waals surface area contributed by atoms with Crippen molar-refractivity contribution in [3.8, 4) is 0 Å². The Labute approximate surface area is 331 Å². The minimum Gasteiger partial charge on any atom is -0.480 e. The quantitative estimate of drug-likeness (QED) is 0.0200. The van der Waals surface area contributed by atoms with Crippen LogP contribution in [0.25, 0.3) is 0 Å². The first-order valence-electron chi connectivity index (χ1n) is 20.8. The molecule has 12 nitrogen and oxygen atoms in total. The molecule has 0 fully saturated rings. The topological polar surface area (TPSA) is 192 Å². The molecule has 0 radical (unpaired) electrons. The first-order valence-corrected chi connectivity index (χ1v) is 22.3. The molecule has 1 unspecified atom stereocenters. The Bertz CT molecular complexity index is 1120. The van der Waals surface area contributed by atoms with Crippen molar-refractivity contribution in [2.45, 2.75) is 173 Å². The fourth-order valence-electron chi connectivity index (χ4n) is 5.33. The molecule has 0 aliphatic carbocycles. The first-order chi connectivity index (χ1) is 26.6. The Kier molecular flexibility index (Phi) is 36.5. The van der Waals surface area contributed by atoms with E-state index in [1.807, 2.05) is 12.2 Å². The van der Waals surface area contributed by atoms with Crippen LogP contribution in [0.3, 0.4) is 0 Å². The second kappa shape index (κ2) is 38.3. The molecule has 0 spiro atoms. The van der Waals surface area contributed by atoms with Crippen LogP contribution in [-0.4, -0.2) is 71.6 Å². The fourth-order valence-corrected chi connectivity index (χ4v) is 6.11. The number of hydrogen-bond donors (Lipinski definition) is 4. The van der Waals surface area contributed by atoms with Crippen LogP contribution in [0.4, 0.5) is 0 Å². The van der Waals surface area contributed by atoms with Crippen LogP contribution in [0.1, 0.15) is 161 Å². The molecular weight excluding hydrogens is 725 g/mol. The van der Waals surface area contributed by atoms with Crippen LogP contribution in [0.2, 0.25) is 0 Å². The molecule has 3 atom stereocenters. The van der Waals surface area contributed by atoms with Gasteiger partial charge < -0.3 is 30.3 Å². The zero-order chi connectivity index (χ0) is 40.7. The number of carbonyl (C=O) groups excluding carboxylic acids is 2. The van der Waals surface area contributed by atoms with E-state index < -0.39 is 51.1 Å². The summed E-state index contributed by atoms with van der Waals surface area (Å²) < 4.78 is 32.6. The number of carboxylic acid groups (broad SMARTS) is 1. The van der Waals surface area contributed by atoms with Gasteiger partial charge in [0.2, 0.25) is 0 Å². The molecule has 55 heavy (non-hydrogen) atoms. The summed E-state index contributed by atoms with van der Waals surface area (Å²) in [7, 11) is -4.73. The third-order valence-corrected chi connectivity index (χ3v) is 9.59. The Hall–Kier alpha value is -2.60. The van der Waals surface area contributed by atoms with Gasteiger partial charge in [-0.1, -0.05) is 139 Å². The Morgan fingerprint density at radius 1 is 0.600 bits per heavy atom. The lowest BCUT2D eigenvalue weighted by molar-refractivity contribution is -0.161. The summed E-state index contributed by atoms with van der Waals surface area (Å²) in [4.78, 5) is 45.8. The number of phosphoric ester groups is 1. The van der Waals surface area contributed by atoms with Gasteiger partial charge in [0.05, 0.1) is 13.2 Å². The van der Waals surface area contributed by atoms with Gasteiger partial charge in [-0.2, -0.15) is 0 Å². The number of aliphatic carboxylic acids is 1. The van der Waals surface area contributed by atoms with Gasteiger partial charge in [0, 0.05) is 19.4 Å². The highest BCUT2D eigenvalue weighted by Gasteiger charge is 2.28. The van der Waals surface area contributed by atoms with Gasteiger partial charge in [-0.3, -0.25) is 23.4 Å². The van der Waals surface area contributed by atoms with Crippen LogP contribution in [-0.2, 0) is 37.5 Å². The van der Waals surface area contributed by atoms with Crippen LogP contribution in [0.15, 0.2) is 48.6 Å². The van der Waals surface area contributed by atoms with Crippen LogP contribution in [0.5, 0.6) is 0 Å². The molecule has 0 amide bonds. The van der Waals surface area contributed by atoms with E-state index in [0.717, 1.165) is 64.2 Å². The maximum Gasteiger partial charge on any atom is 0.472 e. The minimum absolute atomic E-state index is 0.136. The highest BCUT2D eigenvalue weighted by molar-refractivity contribution is 7.47. The Morgan fingerprint density at radius 3 is 1.58 bits per heavy atom. The largest absolute Gasteiger partial charge is 0.480 e. The number of allylic oxidation sites excluding steroid dienone is 8. The third kappa shape index (κ3) is 38.1. The summed E-state index contributed by atoms with van der Waals surface area (Å²) >= 11 is 0. The number of ether oxygens (including phenoxy) is 2. The van der Waals surface area contributed by atoms with E-state index in [0.29, 0.717) is 19.3 Å². The second-order valence-electron chi connectivity index (χ2n) is 13.9. The molecule has 0 aromatic rings. The lowest BCUT2D eigenvalue weighted by Crippen LogP contribution is -2.34. The van der Waals surface area contributed by atoms with Gasteiger partial charge in [-0.25, -0.2) is 4.57 Å². The lowest BCUT2D eigenvalue weighted by Gasteiger charge is -2.20. The first kappa shape index (κ1) is 52.4. The van der Waals surface area contributed by atoms with Crippen molar-refractivity contribution in [2.75, 3.05) is 26.4 Å². The molecule has 0 aliphatic rings. The van der Waals surface area contributed by atoms with Gasteiger partial charge >= 0.3 is 25.7 Å². The number of hydrogen-bond acceptors (Lipinski definition) is 10. The highest BCUT2D eigenvalue weighted by atomic mass is 31.2. The van der Waals surface area contributed by atoms with Crippen molar-refractivity contribution >= 4 is 25.7 Å².